The Labute approximate surface area is 202 Å². The Balaban J connectivity index is 1.54. The van der Waals surface area contributed by atoms with Gasteiger partial charge in [0.15, 0.2) is 11.6 Å². The second kappa shape index (κ2) is 8.83. The van der Waals surface area contributed by atoms with E-state index in [2.05, 4.69) is 45.1 Å². The van der Waals surface area contributed by atoms with E-state index >= 15 is 0 Å². The van der Waals surface area contributed by atoms with Crippen molar-refractivity contribution >= 4 is 35.7 Å². The molecular weight excluding hydrogens is 429 g/mol. The van der Waals surface area contributed by atoms with E-state index in [-0.39, 0.29) is 11.4 Å². The number of rotatable bonds is 6. The highest BCUT2D eigenvalue weighted by Crippen LogP contribution is 2.36. The van der Waals surface area contributed by atoms with Crippen molar-refractivity contribution in [2.75, 3.05) is 36.1 Å². The van der Waals surface area contributed by atoms with Crippen LogP contribution in [0.15, 0.2) is 31.1 Å². The van der Waals surface area contributed by atoms with E-state index in [9.17, 15) is 0 Å². The molecule has 0 aromatic carbocycles. The number of nitrogens with zero attached hydrogens (tertiary/aromatic N) is 4. The van der Waals surface area contributed by atoms with Crippen LogP contribution in [0.2, 0.25) is 0 Å². The van der Waals surface area contributed by atoms with Crippen molar-refractivity contribution in [1.82, 2.24) is 20.3 Å². The fourth-order valence-corrected chi connectivity index (χ4v) is 4.15. The maximum atomic E-state index is 6.18. The summed E-state index contributed by atoms with van der Waals surface area (Å²) in [4.78, 5) is 16.0. The normalized spacial score (nSPS) is 20.9. The van der Waals surface area contributed by atoms with Crippen LogP contribution in [0.5, 0.6) is 0 Å². The molecule has 182 valence electrons. The van der Waals surface area contributed by atoms with Crippen molar-refractivity contribution < 1.29 is 9.31 Å². The van der Waals surface area contributed by atoms with Crippen LogP contribution in [0.4, 0.5) is 17.3 Å². The first kappa shape index (κ1) is 24.4. The van der Waals surface area contributed by atoms with Crippen LogP contribution >= 0.6 is 0 Å². The first-order valence-corrected chi connectivity index (χ1v) is 11.8. The zero-order chi connectivity index (χ0) is 24.7. The number of aromatic nitrogens is 3. The van der Waals surface area contributed by atoms with E-state index < -0.39 is 18.3 Å². The number of hydrogen-bond acceptors (Lipinski definition) is 9. The van der Waals surface area contributed by atoms with Gasteiger partial charge < -0.3 is 30.6 Å². The fourth-order valence-electron chi connectivity index (χ4n) is 4.15. The molecule has 0 saturated carbocycles. The summed E-state index contributed by atoms with van der Waals surface area (Å²) in [5, 5.41) is 6.77. The molecule has 2 aliphatic rings. The quantitative estimate of drug-likeness (QED) is 0.554. The van der Waals surface area contributed by atoms with Gasteiger partial charge in [-0.05, 0) is 66.6 Å². The lowest BCUT2D eigenvalue weighted by Gasteiger charge is -2.40. The number of anilines is 3. The SMILES string of the molecule is C=C(Nc1ncccc1N1CCC(C)(NC)CC1)c1nc(B2OC(C)(C)C(C)(C)O2)cnc1N. The molecule has 2 aromatic heterocycles. The van der Waals surface area contributed by atoms with E-state index in [4.69, 9.17) is 20.0 Å². The minimum atomic E-state index is -0.634. The van der Waals surface area contributed by atoms with Crippen molar-refractivity contribution in [2.24, 2.45) is 0 Å². The highest BCUT2D eigenvalue weighted by atomic mass is 16.7. The standard InChI is InChI=1S/C24H36BN7O2/c1-16(19-20(26)29-15-18(31-19)25-33-22(2,3)23(4,5)34-25)30-21-17(9-8-12-28-21)32-13-10-24(6,27-7)11-14-32/h8-9,12,15,27H,1,10-11,13-14H2,2-7H3,(H2,26,29)(H,28,30). The lowest BCUT2D eigenvalue weighted by Crippen LogP contribution is -2.50. The Morgan fingerprint density at radius 1 is 1.12 bits per heavy atom. The largest absolute Gasteiger partial charge is 0.516 e. The molecule has 4 heterocycles. The second-order valence-corrected chi connectivity index (χ2v) is 10.4. The van der Waals surface area contributed by atoms with Gasteiger partial charge in [-0.15, -0.1) is 0 Å². The highest BCUT2D eigenvalue weighted by molar-refractivity contribution is 6.61. The Bertz CT molecular complexity index is 1050. The van der Waals surface area contributed by atoms with E-state index in [1.165, 1.54) is 0 Å². The van der Waals surface area contributed by atoms with Gasteiger partial charge in [0.25, 0.3) is 0 Å². The molecule has 4 rings (SSSR count). The molecule has 34 heavy (non-hydrogen) atoms. The molecule has 0 unspecified atom stereocenters. The lowest BCUT2D eigenvalue weighted by atomic mass is 9.85. The van der Waals surface area contributed by atoms with Crippen molar-refractivity contribution in [1.29, 1.82) is 0 Å². The summed E-state index contributed by atoms with van der Waals surface area (Å²) < 4.78 is 12.3. The third kappa shape index (κ3) is 4.62. The maximum absolute atomic E-state index is 6.18. The molecule has 2 aromatic rings. The first-order chi connectivity index (χ1) is 15.9. The predicted octanol–water partition coefficient (Wildman–Crippen LogP) is 2.41. The van der Waals surface area contributed by atoms with E-state index in [1.54, 1.807) is 12.4 Å². The number of nitrogen functional groups attached to an aromatic ring is 1. The van der Waals surface area contributed by atoms with Gasteiger partial charge in [-0.1, -0.05) is 6.58 Å². The zero-order valence-corrected chi connectivity index (χ0v) is 21.1. The number of nitrogens with one attached hydrogen (secondary N) is 2. The molecule has 0 spiro atoms. The van der Waals surface area contributed by atoms with Crippen LogP contribution in [-0.2, 0) is 9.31 Å². The highest BCUT2D eigenvalue weighted by Gasteiger charge is 2.52. The molecule has 9 nitrogen and oxygen atoms in total. The van der Waals surface area contributed by atoms with Gasteiger partial charge >= 0.3 is 7.12 Å². The summed E-state index contributed by atoms with van der Waals surface area (Å²) in [6.07, 6.45) is 5.45. The smallest absolute Gasteiger partial charge is 0.398 e. The van der Waals surface area contributed by atoms with E-state index in [1.807, 2.05) is 40.8 Å². The molecule has 0 atom stereocenters. The second-order valence-electron chi connectivity index (χ2n) is 10.4. The lowest BCUT2D eigenvalue weighted by molar-refractivity contribution is 0.00578. The fraction of sp³-hybridized carbons (Fsp3) is 0.542. The van der Waals surface area contributed by atoms with Gasteiger partial charge in [0.1, 0.15) is 5.69 Å². The van der Waals surface area contributed by atoms with Crippen LogP contribution < -0.4 is 26.9 Å². The summed E-state index contributed by atoms with van der Waals surface area (Å²) >= 11 is 0. The summed E-state index contributed by atoms with van der Waals surface area (Å²) in [7, 11) is 1.39. The maximum Gasteiger partial charge on any atom is 0.516 e. The Morgan fingerprint density at radius 2 is 1.76 bits per heavy atom. The minimum Gasteiger partial charge on any atom is -0.398 e. The third-order valence-corrected chi connectivity index (χ3v) is 7.47. The molecule has 2 saturated heterocycles. The predicted molar refractivity (Wildman–Crippen MR) is 138 cm³/mol. The van der Waals surface area contributed by atoms with Gasteiger partial charge in [-0.2, -0.15) is 0 Å². The van der Waals surface area contributed by atoms with Crippen molar-refractivity contribution in [2.45, 2.75) is 64.2 Å². The molecule has 2 fully saturated rings. The molecule has 0 amide bonds. The number of hydrogen-bond donors (Lipinski definition) is 3. The van der Waals surface area contributed by atoms with E-state index in [0.29, 0.717) is 22.8 Å². The monoisotopic (exact) mass is 465 g/mol. The summed E-state index contributed by atoms with van der Waals surface area (Å²) in [6, 6.07) is 4.02. The first-order valence-electron chi connectivity index (χ1n) is 11.8. The Hall–Kier alpha value is -2.69. The van der Waals surface area contributed by atoms with Crippen LogP contribution in [-0.4, -0.2) is 58.9 Å². The average molecular weight is 465 g/mol. The molecule has 0 radical (unpaired) electrons. The van der Waals surface area contributed by atoms with Gasteiger partial charge in [-0.3, -0.25) is 0 Å². The van der Waals surface area contributed by atoms with Gasteiger partial charge in [-0.25, -0.2) is 15.0 Å². The molecular formula is C24H36BN7O2. The van der Waals surface area contributed by atoms with Gasteiger partial charge in [0, 0.05) is 31.0 Å². The minimum absolute atomic E-state index is 0.161. The zero-order valence-electron chi connectivity index (χ0n) is 21.1. The van der Waals surface area contributed by atoms with Crippen molar-refractivity contribution in [3.05, 3.63) is 36.8 Å². The Morgan fingerprint density at radius 3 is 2.38 bits per heavy atom. The third-order valence-electron chi connectivity index (χ3n) is 7.47. The molecule has 0 bridgehead atoms. The van der Waals surface area contributed by atoms with Gasteiger partial charge in [0.05, 0.1) is 28.2 Å². The van der Waals surface area contributed by atoms with Crippen molar-refractivity contribution in [3.63, 3.8) is 0 Å². The molecule has 10 heteroatoms. The Kier molecular flexibility index (Phi) is 6.35. The van der Waals surface area contributed by atoms with Crippen LogP contribution in [0, 0.1) is 0 Å². The van der Waals surface area contributed by atoms with Crippen molar-refractivity contribution in [3.8, 4) is 0 Å². The van der Waals surface area contributed by atoms with Crippen LogP contribution in [0.3, 0.4) is 0 Å². The topological polar surface area (TPSA) is 110 Å². The molecule has 4 N–H and O–H groups in total. The van der Waals surface area contributed by atoms with E-state index in [0.717, 1.165) is 31.6 Å². The number of nitrogens with two attached hydrogens (primary N) is 1. The summed E-state index contributed by atoms with van der Waals surface area (Å²) in [5.41, 5.74) is 7.93. The number of pyridine rings is 1. The van der Waals surface area contributed by atoms with Gasteiger partial charge in [0.2, 0.25) is 0 Å². The molecule has 0 aliphatic carbocycles. The summed E-state index contributed by atoms with van der Waals surface area (Å²) in [6.45, 7) is 16.3. The number of piperidine rings is 1. The average Bonchev–Trinajstić information content (AvgIpc) is 3.02. The summed E-state index contributed by atoms with van der Waals surface area (Å²) in [5.74, 6) is 0.987. The van der Waals surface area contributed by atoms with Crippen LogP contribution in [0.1, 0.15) is 53.2 Å². The van der Waals surface area contributed by atoms with Crippen LogP contribution in [0.25, 0.3) is 5.70 Å². The molecule has 2 aliphatic heterocycles.